The standard InChI is InChI=1S/C12H24N2O2.H2S/c1-12(2,3)16-11(15)14-7-5-10(6-8-14)9-13-4;/h10,13H,5-9H2,1-4H3;1H2. The van der Waals surface area contributed by atoms with Gasteiger partial charge in [-0.25, -0.2) is 4.79 Å². The van der Waals surface area contributed by atoms with Crippen molar-refractivity contribution in [1.29, 1.82) is 0 Å². The minimum Gasteiger partial charge on any atom is -0.444 e. The monoisotopic (exact) mass is 262 g/mol. The number of carbonyl (C=O) groups excluding carboxylic acids is 1. The number of carbonyl (C=O) groups is 1. The van der Waals surface area contributed by atoms with Crippen LogP contribution >= 0.6 is 13.5 Å². The summed E-state index contributed by atoms with van der Waals surface area (Å²) in [5, 5.41) is 3.19. The topological polar surface area (TPSA) is 41.6 Å². The minimum atomic E-state index is -0.390. The van der Waals surface area contributed by atoms with Crippen molar-refractivity contribution in [3.63, 3.8) is 0 Å². The summed E-state index contributed by atoms with van der Waals surface area (Å²) in [7, 11) is 1.97. The van der Waals surface area contributed by atoms with Crippen molar-refractivity contribution < 1.29 is 9.53 Å². The molecule has 0 unspecified atom stereocenters. The van der Waals surface area contributed by atoms with Crippen molar-refractivity contribution in [1.82, 2.24) is 10.2 Å². The Bertz CT molecular complexity index is 233. The van der Waals surface area contributed by atoms with E-state index in [4.69, 9.17) is 4.74 Å². The van der Waals surface area contributed by atoms with Crippen molar-refractivity contribution in [2.45, 2.75) is 39.2 Å². The molecule has 1 rings (SSSR count). The van der Waals surface area contributed by atoms with Crippen LogP contribution in [0.25, 0.3) is 0 Å². The molecule has 17 heavy (non-hydrogen) atoms. The Balaban J connectivity index is 0.00000256. The third-order valence-electron chi connectivity index (χ3n) is 2.76. The molecule has 0 spiro atoms. The number of rotatable bonds is 2. The maximum Gasteiger partial charge on any atom is 0.410 e. The van der Waals surface area contributed by atoms with Crippen molar-refractivity contribution in [2.75, 3.05) is 26.7 Å². The molecule has 0 radical (unpaired) electrons. The lowest BCUT2D eigenvalue weighted by atomic mass is 9.97. The second-order valence-corrected chi connectivity index (χ2v) is 5.47. The molecule has 1 saturated heterocycles. The summed E-state index contributed by atoms with van der Waals surface area (Å²) in [6.45, 7) is 8.39. The minimum absolute atomic E-state index is 0. The quantitative estimate of drug-likeness (QED) is 0.827. The highest BCUT2D eigenvalue weighted by molar-refractivity contribution is 7.59. The van der Waals surface area contributed by atoms with Gasteiger partial charge in [0.2, 0.25) is 0 Å². The van der Waals surface area contributed by atoms with Gasteiger partial charge in [-0.15, -0.1) is 0 Å². The van der Waals surface area contributed by atoms with E-state index in [0.29, 0.717) is 5.92 Å². The van der Waals surface area contributed by atoms with Crippen molar-refractivity contribution in [3.05, 3.63) is 0 Å². The van der Waals surface area contributed by atoms with Gasteiger partial charge in [-0.2, -0.15) is 13.5 Å². The molecule has 0 atom stereocenters. The molecular formula is C12H26N2O2S. The third-order valence-corrected chi connectivity index (χ3v) is 2.76. The van der Waals surface area contributed by atoms with Crippen LogP contribution in [0.2, 0.25) is 0 Å². The van der Waals surface area contributed by atoms with Crippen LogP contribution in [0.3, 0.4) is 0 Å². The predicted molar refractivity (Wildman–Crippen MR) is 74.8 cm³/mol. The molecule has 0 aromatic rings. The van der Waals surface area contributed by atoms with Gasteiger partial charge in [-0.1, -0.05) is 0 Å². The number of nitrogens with zero attached hydrogens (tertiary/aromatic N) is 1. The number of hydrogen-bond donors (Lipinski definition) is 1. The van der Waals surface area contributed by atoms with Crippen LogP contribution < -0.4 is 5.32 Å². The molecule has 1 aliphatic heterocycles. The highest BCUT2D eigenvalue weighted by Crippen LogP contribution is 2.18. The number of amides is 1. The summed E-state index contributed by atoms with van der Waals surface area (Å²) in [5.74, 6) is 0.698. The summed E-state index contributed by atoms with van der Waals surface area (Å²) in [4.78, 5) is 13.6. The maximum absolute atomic E-state index is 11.8. The molecule has 1 aliphatic rings. The van der Waals surface area contributed by atoms with E-state index in [9.17, 15) is 4.79 Å². The van der Waals surface area contributed by atoms with E-state index < -0.39 is 0 Å². The van der Waals surface area contributed by atoms with Gasteiger partial charge in [0.1, 0.15) is 5.60 Å². The highest BCUT2D eigenvalue weighted by atomic mass is 32.1. The van der Waals surface area contributed by atoms with E-state index in [0.717, 1.165) is 32.5 Å². The Morgan fingerprint density at radius 1 is 1.35 bits per heavy atom. The first-order chi connectivity index (χ1) is 7.42. The molecule has 1 heterocycles. The van der Waals surface area contributed by atoms with E-state index in [1.165, 1.54) is 0 Å². The van der Waals surface area contributed by atoms with E-state index in [2.05, 4.69) is 5.32 Å². The largest absolute Gasteiger partial charge is 0.444 e. The average Bonchev–Trinajstić information content (AvgIpc) is 2.16. The maximum atomic E-state index is 11.8. The second-order valence-electron chi connectivity index (χ2n) is 5.47. The number of ether oxygens (including phenoxy) is 1. The first-order valence-corrected chi connectivity index (χ1v) is 6.05. The van der Waals surface area contributed by atoms with Crippen molar-refractivity contribution >= 4 is 19.6 Å². The van der Waals surface area contributed by atoms with Gasteiger partial charge in [0.05, 0.1) is 0 Å². The fourth-order valence-corrected chi connectivity index (χ4v) is 1.93. The van der Waals surface area contributed by atoms with Gasteiger partial charge < -0.3 is 15.0 Å². The molecule has 1 N–H and O–H groups in total. The fraction of sp³-hybridized carbons (Fsp3) is 0.917. The molecule has 0 aromatic heterocycles. The molecule has 102 valence electrons. The van der Waals surface area contributed by atoms with Crippen LogP contribution in [0, 0.1) is 5.92 Å². The van der Waals surface area contributed by atoms with Crippen molar-refractivity contribution in [3.8, 4) is 0 Å². The average molecular weight is 262 g/mol. The summed E-state index contributed by atoms with van der Waals surface area (Å²) in [5.41, 5.74) is -0.390. The summed E-state index contributed by atoms with van der Waals surface area (Å²) >= 11 is 0. The van der Waals surface area contributed by atoms with Crippen molar-refractivity contribution in [2.24, 2.45) is 5.92 Å². The first-order valence-electron chi connectivity index (χ1n) is 6.05. The van der Waals surface area contributed by atoms with Gasteiger partial charge in [-0.05, 0) is 53.1 Å². The second kappa shape index (κ2) is 7.11. The van der Waals surface area contributed by atoms with E-state index in [1.807, 2.05) is 32.7 Å². The van der Waals surface area contributed by atoms with Gasteiger partial charge in [0.25, 0.3) is 0 Å². The van der Waals surface area contributed by atoms with Crippen LogP contribution in [0.4, 0.5) is 4.79 Å². The van der Waals surface area contributed by atoms with E-state index >= 15 is 0 Å². The Hall–Kier alpha value is -0.420. The molecule has 0 bridgehead atoms. The Labute approximate surface area is 112 Å². The zero-order chi connectivity index (χ0) is 12.2. The SMILES string of the molecule is CNCC1CCN(C(=O)OC(C)(C)C)CC1.S. The molecule has 5 heteroatoms. The zero-order valence-corrected chi connectivity index (χ0v) is 12.4. The Kier molecular flexibility index (Phi) is 6.94. The lowest BCUT2D eigenvalue weighted by Crippen LogP contribution is -2.43. The number of hydrogen-bond acceptors (Lipinski definition) is 3. The number of nitrogens with one attached hydrogen (secondary N) is 1. The number of piperidine rings is 1. The molecule has 0 aliphatic carbocycles. The molecule has 0 saturated carbocycles. The lowest BCUT2D eigenvalue weighted by Gasteiger charge is -2.33. The molecule has 1 amide bonds. The fourth-order valence-electron chi connectivity index (χ4n) is 1.93. The van der Waals surface area contributed by atoms with Crippen LogP contribution in [0.15, 0.2) is 0 Å². The molecule has 0 aromatic carbocycles. The Morgan fingerprint density at radius 2 is 1.88 bits per heavy atom. The molecular weight excluding hydrogens is 236 g/mol. The summed E-state index contributed by atoms with van der Waals surface area (Å²) < 4.78 is 5.34. The van der Waals surface area contributed by atoms with Gasteiger partial charge in [0.15, 0.2) is 0 Å². The third kappa shape index (κ3) is 6.17. The van der Waals surface area contributed by atoms with Crippen LogP contribution in [0.1, 0.15) is 33.6 Å². The summed E-state index contributed by atoms with van der Waals surface area (Å²) in [6, 6.07) is 0. The van der Waals surface area contributed by atoms with E-state index in [1.54, 1.807) is 0 Å². The summed E-state index contributed by atoms with van der Waals surface area (Å²) in [6.07, 6.45) is 1.97. The predicted octanol–water partition coefficient (Wildman–Crippen LogP) is 1.97. The lowest BCUT2D eigenvalue weighted by molar-refractivity contribution is 0.0185. The molecule has 4 nitrogen and oxygen atoms in total. The van der Waals surface area contributed by atoms with E-state index in [-0.39, 0.29) is 25.2 Å². The normalized spacial score (nSPS) is 17.5. The van der Waals surface area contributed by atoms with Gasteiger partial charge in [0, 0.05) is 13.1 Å². The van der Waals surface area contributed by atoms with Gasteiger partial charge >= 0.3 is 6.09 Å². The number of likely N-dealkylation sites (tertiary alicyclic amines) is 1. The molecule has 1 fully saturated rings. The Morgan fingerprint density at radius 3 is 2.29 bits per heavy atom. The van der Waals surface area contributed by atoms with Crippen LogP contribution in [-0.4, -0.2) is 43.3 Å². The first kappa shape index (κ1) is 16.6. The van der Waals surface area contributed by atoms with Crippen LogP contribution in [0.5, 0.6) is 0 Å². The smallest absolute Gasteiger partial charge is 0.410 e. The van der Waals surface area contributed by atoms with Crippen LogP contribution in [-0.2, 0) is 4.74 Å². The van der Waals surface area contributed by atoms with Gasteiger partial charge in [-0.3, -0.25) is 0 Å². The zero-order valence-electron chi connectivity index (χ0n) is 11.4. The highest BCUT2D eigenvalue weighted by Gasteiger charge is 2.26.